The van der Waals surface area contributed by atoms with Crippen molar-refractivity contribution in [1.29, 1.82) is 0 Å². The smallest absolute Gasteiger partial charge is 0.246 e. The maximum absolute atomic E-state index is 12.7. The molecule has 5 nitrogen and oxygen atoms in total. The number of carbonyl (C=O) groups is 1. The molecule has 1 N–H and O–H groups in total. The highest BCUT2D eigenvalue weighted by atomic mass is 16.5. The van der Waals surface area contributed by atoms with Crippen LogP contribution in [-0.4, -0.2) is 46.6 Å². The first-order chi connectivity index (χ1) is 11.8. The Kier molecular flexibility index (Phi) is 5.43. The molecule has 0 aliphatic carbocycles. The lowest BCUT2D eigenvalue weighted by Crippen LogP contribution is -2.52. The number of aromatic amines is 1. The predicted octanol–water partition coefficient (Wildman–Crippen LogP) is 2.67. The predicted molar refractivity (Wildman–Crippen MR) is 93.3 cm³/mol. The van der Waals surface area contributed by atoms with Gasteiger partial charge in [0.15, 0.2) is 0 Å². The van der Waals surface area contributed by atoms with Crippen LogP contribution < -0.4 is 0 Å². The van der Waals surface area contributed by atoms with Gasteiger partial charge in [0.25, 0.3) is 0 Å². The minimum atomic E-state index is 0.0206. The van der Waals surface area contributed by atoms with Gasteiger partial charge in [-0.3, -0.25) is 4.79 Å². The highest BCUT2D eigenvalue weighted by molar-refractivity contribution is 5.91. The molecule has 5 heteroatoms. The van der Waals surface area contributed by atoms with Crippen molar-refractivity contribution in [3.63, 3.8) is 0 Å². The highest BCUT2D eigenvalue weighted by Crippen LogP contribution is 2.24. The van der Waals surface area contributed by atoms with Gasteiger partial charge in [0, 0.05) is 19.7 Å². The quantitative estimate of drug-likeness (QED) is 0.860. The van der Waals surface area contributed by atoms with E-state index in [4.69, 9.17) is 4.74 Å². The SMILES string of the molecule is CO[C@H]1CCCN(C(=O)/C=C/c2cnc[nH]2)[C@H]1Cc1ccccc1. The number of hydrogen-bond acceptors (Lipinski definition) is 3. The monoisotopic (exact) mass is 325 g/mol. The third-order valence-corrected chi connectivity index (χ3v) is 4.52. The molecule has 2 heterocycles. The molecule has 0 spiro atoms. The number of piperidine rings is 1. The molecule has 1 amide bonds. The Balaban J connectivity index is 1.76. The van der Waals surface area contributed by atoms with Crippen molar-refractivity contribution in [2.45, 2.75) is 31.4 Å². The van der Waals surface area contributed by atoms with E-state index >= 15 is 0 Å². The number of imidazole rings is 1. The summed E-state index contributed by atoms with van der Waals surface area (Å²) in [6.07, 6.45) is 9.51. The van der Waals surface area contributed by atoms with Gasteiger partial charge in [-0.25, -0.2) is 4.98 Å². The fourth-order valence-electron chi connectivity index (χ4n) is 3.28. The number of methoxy groups -OCH3 is 1. The second-order valence-electron chi connectivity index (χ2n) is 6.05. The van der Waals surface area contributed by atoms with Crippen molar-refractivity contribution >= 4 is 12.0 Å². The van der Waals surface area contributed by atoms with Crippen LogP contribution in [0.15, 0.2) is 48.9 Å². The van der Waals surface area contributed by atoms with Gasteiger partial charge in [0.05, 0.1) is 30.4 Å². The Morgan fingerprint density at radius 1 is 1.42 bits per heavy atom. The second kappa shape index (κ2) is 7.93. The van der Waals surface area contributed by atoms with E-state index in [9.17, 15) is 4.79 Å². The van der Waals surface area contributed by atoms with Crippen LogP contribution in [0.5, 0.6) is 0 Å². The number of nitrogens with zero attached hydrogens (tertiary/aromatic N) is 2. The van der Waals surface area contributed by atoms with Gasteiger partial charge in [0.2, 0.25) is 5.91 Å². The molecule has 1 saturated heterocycles. The summed E-state index contributed by atoms with van der Waals surface area (Å²) in [5.41, 5.74) is 2.05. The summed E-state index contributed by atoms with van der Waals surface area (Å²) in [6, 6.07) is 10.3. The van der Waals surface area contributed by atoms with Gasteiger partial charge in [0.1, 0.15) is 0 Å². The number of likely N-dealkylation sites (tertiary alicyclic amines) is 1. The summed E-state index contributed by atoms with van der Waals surface area (Å²) in [5, 5.41) is 0. The van der Waals surface area contributed by atoms with Gasteiger partial charge in [-0.15, -0.1) is 0 Å². The van der Waals surface area contributed by atoms with Crippen molar-refractivity contribution < 1.29 is 9.53 Å². The zero-order valence-corrected chi connectivity index (χ0v) is 13.9. The van der Waals surface area contributed by atoms with E-state index in [1.165, 1.54) is 5.56 Å². The zero-order chi connectivity index (χ0) is 16.8. The first-order valence-corrected chi connectivity index (χ1v) is 8.31. The molecule has 0 saturated carbocycles. The average Bonchev–Trinajstić information content (AvgIpc) is 3.14. The highest BCUT2D eigenvalue weighted by Gasteiger charge is 2.33. The molecular weight excluding hydrogens is 302 g/mol. The van der Waals surface area contributed by atoms with Crippen molar-refractivity contribution in [1.82, 2.24) is 14.9 Å². The summed E-state index contributed by atoms with van der Waals surface area (Å²) < 4.78 is 5.67. The molecule has 1 fully saturated rings. The zero-order valence-electron chi connectivity index (χ0n) is 13.9. The lowest BCUT2D eigenvalue weighted by molar-refractivity contribution is -0.134. The average molecular weight is 325 g/mol. The van der Waals surface area contributed by atoms with E-state index in [2.05, 4.69) is 22.1 Å². The normalized spacial score (nSPS) is 21.3. The molecule has 0 unspecified atom stereocenters. The molecule has 1 aromatic carbocycles. The van der Waals surface area contributed by atoms with Gasteiger partial charge in [-0.2, -0.15) is 0 Å². The summed E-state index contributed by atoms with van der Waals surface area (Å²) in [6.45, 7) is 0.767. The van der Waals surface area contributed by atoms with E-state index in [-0.39, 0.29) is 18.1 Å². The molecule has 0 radical (unpaired) electrons. The van der Waals surface area contributed by atoms with Crippen LogP contribution in [0.4, 0.5) is 0 Å². The number of amides is 1. The van der Waals surface area contributed by atoms with E-state index in [1.54, 1.807) is 31.8 Å². The van der Waals surface area contributed by atoms with Crippen LogP contribution in [0.1, 0.15) is 24.1 Å². The Morgan fingerprint density at radius 2 is 2.25 bits per heavy atom. The van der Waals surface area contributed by atoms with Gasteiger partial charge in [-0.05, 0) is 30.9 Å². The Hall–Kier alpha value is -2.40. The number of carbonyl (C=O) groups excluding carboxylic acids is 1. The van der Waals surface area contributed by atoms with E-state index < -0.39 is 0 Å². The lowest BCUT2D eigenvalue weighted by atomic mass is 9.92. The van der Waals surface area contributed by atoms with Crippen LogP contribution in [0.25, 0.3) is 6.08 Å². The van der Waals surface area contributed by atoms with E-state index in [0.29, 0.717) is 0 Å². The van der Waals surface area contributed by atoms with Crippen LogP contribution in [0, 0.1) is 0 Å². The molecule has 1 aliphatic heterocycles. The third kappa shape index (κ3) is 3.92. The summed E-state index contributed by atoms with van der Waals surface area (Å²) >= 11 is 0. The molecule has 0 bridgehead atoms. The second-order valence-corrected chi connectivity index (χ2v) is 6.05. The molecule has 1 aliphatic rings. The molecule has 24 heavy (non-hydrogen) atoms. The molecule has 3 rings (SSSR count). The Bertz CT molecular complexity index is 667. The van der Waals surface area contributed by atoms with Crippen LogP contribution in [-0.2, 0) is 16.0 Å². The minimum absolute atomic E-state index is 0.0206. The van der Waals surface area contributed by atoms with Crippen molar-refractivity contribution in [2.24, 2.45) is 0 Å². The van der Waals surface area contributed by atoms with Gasteiger partial charge in [-0.1, -0.05) is 30.3 Å². The van der Waals surface area contributed by atoms with Crippen molar-refractivity contribution in [3.05, 3.63) is 60.2 Å². The van der Waals surface area contributed by atoms with Crippen molar-refractivity contribution in [2.75, 3.05) is 13.7 Å². The number of ether oxygens (including phenoxy) is 1. The Morgan fingerprint density at radius 3 is 2.96 bits per heavy atom. The standard InChI is InChI=1S/C19H23N3O2/c1-24-18-8-5-11-22(17(18)12-15-6-3-2-4-7-15)19(23)10-9-16-13-20-14-21-16/h2-4,6-7,9-10,13-14,17-18H,5,8,11-12H2,1H3,(H,20,21)/b10-9+/t17-,18-/m0/s1. The van der Waals surface area contributed by atoms with E-state index in [0.717, 1.165) is 31.5 Å². The molecule has 2 atom stereocenters. The number of aromatic nitrogens is 2. The van der Waals surface area contributed by atoms with Crippen LogP contribution in [0.2, 0.25) is 0 Å². The summed E-state index contributed by atoms with van der Waals surface area (Å²) in [5.74, 6) is 0.0206. The largest absolute Gasteiger partial charge is 0.379 e. The first kappa shape index (κ1) is 16.5. The summed E-state index contributed by atoms with van der Waals surface area (Å²) in [4.78, 5) is 21.6. The van der Waals surface area contributed by atoms with Crippen LogP contribution >= 0.6 is 0 Å². The topological polar surface area (TPSA) is 58.2 Å². The maximum atomic E-state index is 12.7. The maximum Gasteiger partial charge on any atom is 0.246 e. The lowest BCUT2D eigenvalue weighted by Gasteiger charge is -2.40. The molecule has 1 aromatic heterocycles. The third-order valence-electron chi connectivity index (χ3n) is 4.52. The van der Waals surface area contributed by atoms with E-state index in [1.807, 2.05) is 23.1 Å². The number of benzene rings is 1. The molecule has 2 aromatic rings. The van der Waals surface area contributed by atoms with Crippen LogP contribution in [0.3, 0.4) is 0 Å². The Labute approximate surface area is 142 Å². The molecular formula is C19H23N3O2. The minimum Gasteiger partial charge on any atom is -0.379 e. The number of nitrogens with one attached hydrogen (secondary N) is 1. The number of rotatable bonds is 5. The number of hydrogen-bond donors (Lipinski definition) is 1. The summed E-state index contributed by atoms with van der Waals surface area (Å²) in [7, 11) is 1.73. The first-order valence-electron chi connectivity index (χ1n) is 8.31. The van der Waals surface area contributed by atoms with Crippen molar-refractivity contribution in [3.8, 4) is 0 Å². The van der Waals surface area contributed by atoms with Gasteiger partial charge < -0.3 is 14.6 Å². The fourth-order valence-corrected chi connectivity index (χ4v) is 3.28. The fraction of sp³-hybridized carbons (Fsp3) is 0.368. The molecule has 126 valence electrons. The number of H-pyrrole nitrogens is 1. The van der Waals surface area contributed by atoms with Gasteiger partial charge >= 0.3 is 0 Å².